The number of para-hydroxylation sites is 1. The number of carbonyl (C=O) groups is 2. The molecule has 1 atom stereocenters. The van der Waals surface area contributed by atoms with Crippen LogP contribution in [0.2, 0.25) is 0 Å². The zero-order chi connectivity index (χ0) is 15.5. The molecule has 0 bridgehead atoms. The number of rotatable bonds is 6. The maximum atomic E-state index is 12.5. The normalized spacial score (nSPS) is 20.5. The van der Waals surface area contributed by atoms with Crippen LogP contribution in [0.5, 0.6) is 0 Å². The number of esters is 1. The Kier molecular flexibility index (Phi) is 4.66. The molecule has 1 aliphatic heterocycles. The third-order valence-electron chi connectivity index (χ3n) is 4.26. The molecule has 1 amide bonds. The van der Waals surface area contributed by atoms with Crippen LogP contribution in [-0.2, 0) is 19.7 Å². The summed E-state index contributed by atoms with van der Waals surface area (Å²) < 4.78 is 4.92. The Hall–Kier alpha value is -1.84. The van der Waals surface area contributed by atoms with Gasteiger partial charge in [0.05, 0.1) is 12.0 Å². The van der Waals surface area contributed by atoms with Crippen molar-refractivity contribution in [1.82, 2.24) is 0 Å². The Bertz CT molecular complexity index is 541. The average Bonchev–Trinajstić information content (AvgIpc) is 2.66. The first kappa shape index (κ1) is 15.5. The van der Waals surface area contributed by atoms with Crippen LogP contribution >= 0.6 is 0 Å². The minimum absolute atomic E-state index is 0.170. The van der Waals surface area contributed by atoms with E-state index in [9.17, 15) is 9.59 Å². The number of amides is 1. The molecule has 0 radical (unpaired) electrons. The van der Waals surface area contributed by atoms with Crippen molar-refractivity contribution >= 4 is 17.6 Å². The lowest BCUT2D eigenvalue weighted by molar-refractivity contribution is -0.141. The molecule has 0 saturated heterocycles. The van der Waals surface area contributed by atoms with Gasteiger partial charge in [-0.2, -0.15) is 0 Å². The fraction of sp³-hybridized carbons (Fsp3) is 0.529. The van der Waals surface area contributed by atoms with Crippen LogP contribution < -0.4 is 4.90 Å². The molecule has 0 fully saturated rings. The van der Waals surface area contributed by atoms with Crippen molar-refractivity contribution in [2.45, 2.75) is 44.9 Å². The van der Waals surface area contributed by atoms with Gasteiger partial charge in [-0.05, 0) is 31.4 Å². The average molecular weight is 289 g/mol. The van der Waals surface area contributed by atoms with Crippen molar-refractivity contribution in [3.8, 4) is 0 Å². The second kappa shape index (κ2) is 6.29. The number of ether oxygens (including phenoxy) is 1. The summed E-state index contributed by atoms with van der Waals surface area (Å²) in [4.78, 5) is 25.0. The summed E-state index contributed by atoms with van der Waals surface area (Å²) in [5.41, 5.74) is 1.72. The standard InChI is InChI=1S/C17H23NO3/c1-13(19)21-12-8-4-7-11-17(2)14-9-5-6-10-15(14)18(3)16(17)20/h5-6,9-10H,4,7-8,11-12H2,1-3H3/t17-/m0/s1. The predicted octanol–water partition coefficient (Wildman–Crippen LogP) is 3.04. The largest absolute Gasteiger partial charge is 0.466 e. The molecule has 1 aromatic rings. The zero-order valence-electron chi connectivity index (χ0n) is 13.0. The van der Waals surface area contributed by atoms with Crippen LogP contribution in [0.3, 0.4) is 0 Å². The van der Waals surface area contributed by atoms with Gasteiger partial charge in [-0.1, -0.05) is 31.0 Å². The molecule has 2 rings (SSSR count). The summed E-state index contributed by atoms with van der Waals surface area (Å²) in [5, 5.41) is 0. The van der Waals surface area contributed by atoms with Crippen LogP contribution in [0, 0.1) is 0 Å². The number of anilines is 1. The quantitative estimate of drug-likeness (QED) is 0.597. The molecule has 1 aromatic carbocycles. The fourth-order valence-corrected chi connectivity index (χ4v) is 3.04. The summed E-state index contributed by atoms with van der Waals surface area (Å²) in [6.07, 6.45) is 3.59. The van der Waals surface area contributed by atoms with E-state index in [2.05, 4.69) is 6.07 Å². The smallest absolute Gasteiger partial charge is 0.302 e. The van der Waals surface area contributed by atoms with E-state index in [4.69, 9.17) is 4.74 Å². The van der Waals surface area contributed by atoms with Gasteiger partial charge < -0.3 is 9.64 Å². The van der Waals surface area contributed by atoms with Gasteiger partial charge in [0.25, 0.3) is 0 Å². The molecule has 21 heavy (non-hydrogen) atoms. The lowest BCUT2D eigenvalue weighted by Crippen LogP contribution is -2.36. The van der Waals surface area contributed by atoms with Crippen molar-refractivity contribution in [2.75, 3.05) is 18.6 Å². The number of likely N-dealkylation sites (N-methyl/N-ethyl adjacent to an activating group) is 1. The Morgan fingerprint density at radius 3 is 2.67 bits per heavy atom. The molecule has 0 spiro atoms. The van der Waals surface area contributed by atoms with Gasteiger partial charge in [0.2, 0.25) is 5.91 Å². The van der Waals surface area contributed by atoms with E-state index in [0.717, 1.165) is 36.9 Å². The molecule has 0 aliphatic carbocycles. The van der Waals surface area contributed by atoms with Gasteiger partial charge in [-0.15, -0.1) is 0 Å². The van der Waals surface area contributed by atoms with Gasteiger partial charge in [0.15, 0.2) is 0 Å². The molecule has 4 nitrogen and oxygen atoms in total. The first-order valence-electron chi connectivity index (χ1n) is 7.48. The number of fused-ring (bicyclic) bond motifs is 1. The lowest BCUT2D eigenvalue weighted by Gasteiger charge is -2.23. The first-order valence-corrected chi connectivity index (χ1v) is 7.48. The van der Waals surface area contributed by atoms with Crippen LogP contribution in [-0.4, -0.2) is 25.5 Å². The van der Waals surface area contributed by atoms with Gasteiger partial charge in [-0.3, -0.25) is 9.59 Å². The number of hydrogen-bond acceptors (Lipinski definition) is 3. The molecule has 1 aliphatic rings. The molecular weight excluding hydrogens is 266 g/mol. The molecule has 0 N–H and O–H groups in total. The van der Waals surface area contributed by atoms with Crippen molar-refractivity contribution in [3.63, 3.8) is 0 Å². The van der Waals surface area contributed by atoms with Crippen molar-refractivity contribution in [1.29, 1.82) is 0 Å². The van der Waals surface area contributed by atoms with Gasteiger partial charge in [-0.25, -0.2) is 0 Å². The van der Waals surface area contributed by atoms with E-state index in [1.165, 1.54) is 6.92 Å². The molecule has 0 unspecified atom stereocenters. The summed E-state index contributed by atoms with van der Waals surface area (Å²) in [6.45, 7) is 3.92. The van der Waals surface area contributed by atoms with Crippen LogP contribution in [0.4, 0.5) is 5.69 Å². The summed E-state index contributed by atoms with van der Waals surface area (Å²) in [5.74, 6) is -0.0628. The SMILES string of the molecule is CC(=O)OCCCCC[C@]1(C)C(=O)N(C)c2ccccc21. The summed E-state index contributed by atoms with van der Waals surface area (Å²) in [6, 6.07) is 8.01. The van der Waals surface area contributed by atoms with E-state index >= 15 is 0 Å². The van der Waals surface area contributed by atoms with Crippen molar-refractivity contribution in [2.24, 2.45) is 0 Å². The zero-order valence-corrected chi connectivity index (χ0v) is 13.0. The van der Waals surface area contributed by atoms with Gasteiger partial charge in [0, 0.05) is 19.7 Å². The van der Waals surface area contributed by atoms with Crippen molar-refractivity contribution in [3.05, 3.63) is 29.8 Å². The number of unbranched alkanes of at least 4 members (excludes halogenated alkanes) is 2. The van der Waals surface area contributed by atoms with E-state index in [1.54, 1.807) is 4.90 Å². The highest BCUT2D eigenvalue weighted by molar-refractivity contribution is 6.07. The van der Waals surface area contributed by atoms with Crippen LogP contribution in [0.1, 0.15) is 45.1 Å². The topological polar surface area (TPSA) is 46.6 Å². The van der Waals surface area contributed by atoms with E-state index in [1.807, 2.05) is 32.2 Å². The molecule has 0 aromatic heterocycles. The Labute approximate surface area is 126 Å². The minimum atomic E-state index is -0.424. The first-order chi connectivity index (χ1) is 9.97. The highest BCUT2D eigenvalue weighted by Crippen LogP contribution is 2.43. The van der Waals surface area contributed by atoms with Crippen LogP contribution in [0.15, 0.2) is 24.3 Å². The van der Waals surface area contributed by atoms with Crippen LogP contribution in [0.25, 0.3) is 0 Å². The van der Waals surface area contributed by atoms with E-state index in [0.29, 0.717) is 6.61 Å². The predicted molar refractivity (Wildman–Crippen MR) is 82.3 cm³/mol. The Balaban J connectivity index is 1.93. The second-order valence-corrected chi connectivity index (χ2v) is 5.86. The third kappa shape index (κ3) is 3.09. The molecule has 114 valence electrons. The molecule has 4 heteroatoms. The summed E-state index contributed by atoms with van der Waals surface area (Å²) in [7, 11) is 1.84. The third-order valence-corrected chi connectivity index (χ3v) is 4.26. The highest BCUT2D eigenvalue weighted by atomic mass is 16.5. The molecular formula is C17H23NO3. The molecule has 1 heterocycles. The summed E-state index contributed by atoms with van der Waals surface area (Å²) >= 11 is 0. The van der Waals surface area contributed by atoms with Gasteiger partial charge >= 0.3 is 5.97 Å². The van der Waals surface area contributed by atoms with E-state index < -0.39 is 5.41 Å². The van der Waals surface area contributed by atoms with Crippen molar-refractivity contribution < 1.29 is 14.3 Å². The Morgan fingerprint density at radius 1 is 1.24 bits per heavy atom. The Morgan fingerprint density at radius 2 is 1.95 bits per heavy atom. The monoisotopic (exact) mass is 289 g/mol. The maximum absolute atomic E-state index is 12.5. The van der Waals surface area contributed by atoms with Gasteiger partial charge in [0.1, 0.15) is 0 Å². The highest BCUT2D eigenvalue weighted by Gasteiger charge is 2.44. The number of carbonyl (C=O) groups excluding carboxylic acids is 2. The number of benzene rings is 1. The number of hydrogen-bond donors (Lipinski definition) is 0. The minimum Gasteiger partial charge on any atom is -0.466 e. The second-order valence-electron chi connectivity index (χ2n) is 5.86. The number of nitrogens with zero attached hydrogens (tertiary/aromatic N) is 1. The maximum Gasteiger partial charge on any atom is 0.302 e. The lowest BCUT2D eigenvalue weighted by atomic mass is 9.79. The fourth-order valence-electron chi connectivity index (χ4n) is 3.04. The van der Waals surface area contributed by atoms with E-state index in [-0.39, 0.29) is 11.9 Å². The molecule has 0 saturated carbocycles.